The molecule has 1 saturated carbocycles. The van der Waals surface area contributed by atoms with E-state index in [0.717, 1.165) is 25.0 Å². The van der Waals surface area contributed by atoms with Crippen molar-refractivity contribution in [2.24, 2.45) is 0 Å². The summed E-state index contributed by atoms with van der Waals surface area (Å²) in [4.78, 5) is 29.6. The molecule has 1 atom stereocenters. The fraction of sp³-hybridized carbons (Fsp3) is 0.526. The smallest absolute Gasteiger partial charge is 0.270 e. The zero-order valence-corrected chi connectivity index (χ0v) is 14.5. The maximum atomic E-state index is 12.7. The molecule has 25 heavy (non-hydrogen) atoms. The van der Waals surface area contributed by atoms with Gasteiger partial charge in [0.25, 0.3) is 11.5 Å². The second kappa shape index (κ2) is 6.26. The molecule has 2 fully saturated rings. The van der Waals surface area contributed by atoms with E-state index in [1.54, 1.807) is 6.07 Å². The number of rotatable bonds is 2. The molecule has 0 bridgehead atoms. The standard InChI is InChI=1S/C19H23N3O3/c1-13-6-5-7-16-20-11-15(18(24)22(13)16)17(23)21-14-10-19(25-12-14)8-3-2-4-9-19/h5-7,11,14H,2-4,8-10,12H2,1H3,(H,21,23)/t14-/m0/s1. The zero-order chi connectivity index (χ0) is 17.4. The lowest BCUT2D eigenvalue weighted by atomic mass is 9.82. The summed E-state index contributed by atoms with van der Waals surface area (Å²) in [7, 11) is 0. The van der Waals surface area contributed by atoms with Crippen molar-refractivity contribution in [1.82, 2.24) is 14.7 Å². The van der Waals surface area contributed by atoms with Crippen molar-refractivity contribution in [3.05, 3.63) is 46.0 Å². The Bertz CT molecular complexity index is 868. The first-order valence-corrected chi connectivity index (χ1v) is 9.00. The predicted octanol–water partition coefficient (Wildman–Crippen LogP) is 2.22. The second-order valence-electron chi connectivity index (χ2n) is 7.27. The molecule has 1 saturated heterocycles. The van der Waals surface area contributed by atoms with Gasteiger partial charge in [-0.15, -0.1) is 0 Å². The van der Waals surface area contributed by atoms with Gasteiger partial charge >= 0.3 is 0 Å². The molecule has 4 rings (SSSR count). The van der Waals surface area contributed by atoms with Crippen molar-refractivity contribution in [1.29, 1.82) is 0 Å². The lowest BCUT2D eigenvalue weighted by Gasteiger charge is -2.32. The molecule has 2 aliphatic rings. The molecule has 1 amide bonds. The Morgan fingerprint density at radius 3 is 2.92 bits per heavy atom. The number of nitrogens with one attached hydrogen (secondary N) is 1. The van der Waals surface area contributed by atoms with E-state index in [0.29, 0.717) is 12.3 Å². The van der Waals surface area contributed by atoms with Crippen LogP contribution in [0.3, 0.4) is 0 Å². The van der Waals surface area contributed by atoms with Crippen molar-refractivity contribution in [2.45, 2.75) is 57.1 Å². The minimum Gasteiger partial charge on any atom is -0.373 e. The van der Waals surface area contributed by atoms with E-state index in [9.17, 15) is 9.59 Å². The van der Waals surface area contributed by atoms with Crippen LogP contribution in [-0.2, 0) is 4.74 Å². The maximum Gasteiger partial charge on any atom is 0.270 e. The van der Waals surface area contributed by atoms with E-state index in [1.807, 2.05) is 19.1 Å². The molecule has 1 aliphatic heterocycles. The molecule has 2 aromatic rings. The number of carbonyl (C=O) groups excluding carboxylic acids is 1. The highest BCUT2D eigenvalue weighted by molar-refractivity contribution is 5.94. The summed E-state index contributed by atoms with van der Waals surface area (Å²) >= 11 is 0. The topological polar surface area (TPSA) is 72.7 Å². The summed E-state index contributed by atoms with van der Waals surface area (Å²) in [5, 5.41) is 2.97. The number of amides is 1. The Labute approximate surface area is 146 Å². The average Bonchev–Trinajstić information content (AvgIpc) is 2.97. The average molecular weight is 341 g/mol. The van der Waals surface area contributed by atoms with Gasteiger partial charge in [-0.05, 0) is 38.3 Å². The van der Waals surface area contributed by atoms with Crippen LogP contribution in [0.2, 0.25) is 0 Å². The van der Waals surface area contributed by atoms with Crippen LogP contribution in [0.15, 0.2) is 29.2 Å². The minimum atomic E-state index is -0.364. The summed E-state index contributed by atoms with van der Waals surface area (Å²) in [5.41, 5.74) is 0.994. The maximum absolute atomic E-state index is 12.7. The van der Waals surface area contributed by atoms with Gasteiger partial charge in [-0.2, -0.15) is 0 Å². The normalized spacial score (nSPS) is 22.4. The molecule has 1 N–H and O–H groups in total. The van der Waals surface area contributed by atoms with Gasteiger partial charge in [-0.3, -0.25) is 14.0 Å². The van der Waals surface area contributed by atoms with Crippen LogP contribution in [0.25, 0.3) is 5.65 Å². The van der Waals surface area contributed by atoms with Gasteiger partial charge in [-0.1, -0.05) is 25.3 Å². The quantitative estimate of drug-likeness (QED) is 0.909. The molecule has 132 valence electrons. The number of aryl methyl sites for hydroxylation is 1. The van der Waals surface area contributed by atoms with Crippen LogP contribution in [0, 0.1) is 6.92 Å². The van der Waals surface area contributed by atoms with Crippen LogP contribution in [-0.4, -0.2) is 33.5 Å². The monoisotopic (exact) mass is 341 g/mol. The highest BCUT2D eigenvalue weighted by atomic mass is 16.5. The Morgan fingerprint density at radius 2 is 2.12 bits per heavy atom. The highest BCUT2D eigenvalue weighted by Gasteiger charge is 2.41. The van der Waals surface area contributed by atoms with E-state index in [-0.39, 0.29) is 28.7 Å². The number of aromatic nitrogens is 2. The first-order chi connectivity index (χ1) is 12.1. The molecular formula is C19H23N3O3. The molecule has 0 aromatic carbocycles. The second-order valence-corrected chi connectivity index (χ2v) is 7.27. The Kier molecular flexibility index (Phi) is 4.07. The summed E-state index contributed by atoms with van der Waals surface area (Å²) in [6, 6.07) is 5.39. The van der Waals surface area contributed by atoms with Crippen molar-refractivity contribution in [3.8, 4) is 0 Å². The van der Waals surface area contributed by atoms with Crippen LogP contribution in [0.5, 0.6) is 0 Å². The minimum absolute atomic E-state index is 0.0393. The molecule has 1 aliphatic carbocycles. The van der Waals surface area contributed by atoms with Gasteiger partial charge < -0.3 is 10.1 Å². The SMILES string of the molecule is Cc1cccc2ncc(C(=O)N[C@@H]3COC4(CCCCC4)C3)c(=O)n12. The summed E-state index contributed by atoms with van der Waals surface area (Å²) in [5.74, 6) is -0.364. The summed E-state index contributed by atoms with van der Waals surface area (Å²) in [6.45, 7) is 2.35. The zero-order valence-electron chi connectivity index (χ0n) is 14.5. The summed E-state index contributed by atoms with van der Waals surface area (Å²) < 4.78 is 7.51. The fourth-order valence-electron chi connectivity index (χ4n) is 4.17. The van der Waals surface area contributed by atoms with Crippen molar-refractivity contribution in [2.75, 3.05) is 6.61 Å². The molecule has 6 nitrogen and oxygen atoms in total. The highest BCUT2D eigenvalue weighted by Crippen LogP contribution is 2.39. The van der Waals surface area contributed by atoms with Crippen molar-refractivity contribution < 1.29 is 9.53 Å². The Hall–Kier alpha value is -2.21. The van der Waals surface area contributed by atoms with Gasteiger partial charge in [0.15, 0.2) is 0 Å². The number of hydrogen-bond donors (Lipinski definition) is 1. The van der Waals surface area contributed by atoms with Crippen LogP contribution >= 0.6 is 0 Å². The molecule has 0 radical (unpaired) electrons. The number of hydrogen-bond acceptors (Lipinski definition) is 4. The van der Waals surface area contributed by atoms with Gasteiger partial charge in [-0.25, -0.2) is 4.98 Å². The van der Waals surface area contributed by atoms with E-state index in [4.69, 9.17) is 4.74 Å². The fourth-order valence-corrected chi connectivity index (χ4v) is 4.17. The van der Waals surface area contributed by atoms with Gasteiger partial charge in [0, 0.05) is 11.9 Å². The molecule has 1 spiro atoms. The first-order valence-electron chi connectivity index (χ1n) is 9.00. The third-order valence-electron chi connectivity index (χ3n) is 5.48. The van der Waals surface area contributed by atoms with Crippen molar-refractivity contribution >= 4 is 11.6 Å². The van der Waals surface area contributed by atoms with Crippen molar-refractivity contribution in [3.63, 3.8) is 0 Å². The molecule has 3 heterocycles. The number of ether oxygens (including phenoxy) is 1. The molecular weight excluding hydrogens is 318 g/mol. The van der Waals surface area contributed by atoms with E-state index in [1.165, 1.54) is 29.9 Å². The van der Waals surface area contributed by atoms with Crippen LogP contribution in [0.1, 0.15) is 54.6 Å². The number of fused-ring (bicyclic) bond motifs is 1. The van der Waals surface area contributed by atoms with Crippen LogP contribution < -0.4 is 10.9 Å². The molecule has 0 unspecified atom stereocenters. The molecule has 2 aromatic heterocycles. The van der Waals surface area contributed by atoms with E-state index in [2.05, 4.69) is 10.3 Å². The number of carbonyl (C=O) groups is 1. The largest absolute Gasteiger partial charge is 0.373 e. The third-order valence-corrected chi connectivity index (χ3v) is 5.48. The molecule has 6 heteroatoms. The number of nitrogens with zero attached hydrogens (tertiary/aromatic N) is 2. The van der Waals surface area contributed by atoms with Gasteiger partial charge in [0.2, 0.25) is 0 Å². The Morgan fingerprint density at radius 1 is 1.32 bits per heavy atom. The van der Waals surface area contributed by atoms with E-state index < -0.39 is 0 Å². The lowest BCUT2D eigenvalue weighted by molar-refractivity contribution is -0.0246. The summed E-state index contributed by atoms with van der Waals surface area (Å²) in [6.07, 6.45) is 7.99. The predicted molar refractivity (Wildman–Crippen MR) is 93.8 cm³/mol. The van der Waals surface area contributed by atoms with Gasteiger partial charge in [0.1, 0.15) is 11.2 Å². The Balaban J connectivity index is 1.54. The lowest BCUT2D eigenvalue weighted by Crippen LogP contribution is -2.40. The third kappa shape index (κ3) is 2.95. The van der Waals surface area contributed by atoms with E-state index >= 15 is 0 Å². The van der Waals surface area contributed by atoms with Gasteiger partial charge in [0.05, 0.1) is 18.2 Å². The van der Waals surface area contributed by atoms with Crippen LogP contribution in [0.4, 0.5) is 0 Å². The number of pyridine rings is 1. The first kappa shape index (κ1) is 16.3.